The molecule has 2 aromatic heterocycles. The van der Waals surface area contributed by atoms with Crippen molar-refractivity contribution in [2.75, 3.05) is 23.5 Å². The molecule has 0 radical (unpaired) electrons. The number of nitrogens with two attached hydrogens (primary N) is 3. The van der Waals surface area contributed by atoms with Crippen molar-refractivity contribution < 1.29 is 4.79 Å². The number of nitriles is 1. The number of nitrogen functional groups attached to an aromatic ring is 2. The third-order valence-electron chi connectivity index (χ3n) is 2.90. The minimum absolute atomic E-state index is 0.161. The summed E-state index contributed by atoms with van der Waals surface area (Å²) in [6, 6.07) is 2.07. The Bertz CT molecular complexity index is 732. The van der Waals surface area contributed by atoms with Gasteiger partial charge in [-0.3, -0.25) is 4.79 Å². The van der Waals surface area contributed by atoms with Gasteiger partial charge >= 0.3 is 0 Å². The van der Waals surface area contributed by atoms with Gasteiger partial charge in [-0.15, -0.1) is 11.3 Å². The SMILES string of the molecule is CSCCc1c(C#N)c(N)nc2sc(C(N)=O)c(N)c12. The summed E-state index contributed by atoms with van der Waals surface area (Å²) >= 11 is 2.76. The lowest BCUT2D eigenvalue weighted by Gasteiger charge is -2.08. The molecule has 6 N–H and O–H groups in total. The van der Waals surface area contributed by atoms with Crippen molar-refractivity contribution in [2.24, 2.45) is 5.73 Å². The largest absolute Gasteiger partial charge is 0.397 e. The lowest BCUT2D eigenvalue weighted by molar-refractivity contribution is 0.100. The van der Waals surface area contributed by atoms with Crippen molar-refractivity contribution in [1.29, 1.82) is 5.26 Å². The molecule has 104 valence electrons. The molecule has 1 amide bonds. The highest BCUT2D eigenvalue weighted by Gasteiger charge is 2.21. The molecule has 2 heterocycles. The van der Waals surface area contributed by atoms with Crippen LogP contribution in [0.15, 0.2) is 0 Å². The summed E-state index contributed by atoms with van der Waals surface area (Å²) in [7, 11) is 0. The van der Waals surface area contributed by atoms with Gasteiger partial charge in [0.2, 0.25) is 0 Å². The van der Waals surface area contributed by atoms with Crippen molar-refractivity contribution in [3.05, 3.63) is 16.0 Å². The lowest BCUT2D eigenvalue weighted by atomic mass is 10.0. The molecule has 0 aliphatic heterocycles. The van der Waals surface area contributed by atoms with E-state index in [2.05, 4.69) is 11.1 Å². The predicted molar refractivity (Wildman–Crippen MR) is 83.8 cm³/mol. The number of fused-ring (bicyclic) bond motifs is 1. The Balaban J connectivity index is 2.82. The van der Waals surface area contributed by atoms with E-state index < -0.39 is 5.91 Å². The van der Waals surface area contributed by atoms with E-state index in [9.17, 15) is 10.1 Å². The number of hydrogen-bond donors (Lipinski definition) is 3. The number of thioether (sulfide) groups is 1. The third kappa shape index (κ3) is 2.26. The van der Waals surface area contributed by atoms with Crippen molar-refractivity contribution in [3.63, 3.8) is 0 Å². The van der Waals surface area contributed by atoms with Crippen LogP contribution in [0.4, 0.5) is 11.5 Å². The zero-order chi connectivity index (χ0) is 14.9. The number of rotatable bonds is 4. The van der Waals surface area contributed by atoms with Gasteiger partial charge in [0.15, 0.2) is 0 Å². The van der Waals surface area contributed by atoms with Crippen LogP contribution >= 0.6 is 23.1 Å². The Labute approximate surface area is 123 Å². The summed E-state index contributed by atoms with van der Waals surface area (Å²) in [5.41, 5.74) is 18.5. The van der Waals surface area contributed by atoms with Crippen molar-refractivity contribution in [1.82, 2.24) is 4.98 Å². The molecule has 0 bridgehead atoms. The van der Waals surface area contributed by atoms with Gasteiger partial charge in [-0.1, -0.05) is 0 Å². The first-order valence-corrected chi connectivity index (χ1v) is 7.91. The van der Waals surface area contributed by atoms with E-state index in [-0.39, 0.29) is 16.4 Å². The monoisotopic (exact) mass is 307 g/mol. The second-order valence-corrected chi connectivity index (χ2v) is 6.08. The molecule has 0 atom stereocenters. The first kappa shape index (κ1) is 14.4. The van der Waals surface area contributed by atoms with E-state index in [1.165, 1.54) is 0 Å². The summed E-state index contributed by atoms with van der Waals surface area (Å²) in [4.78, 5) is 16.3. The fraction of sp³-hybridized carbons (Fsp3) is 0.250. The average Bonchev–Trinajstić information content (AvgIpc) is 2.72. The van der Waals surface area contributed by atoms with E-state index in [1.54, 1.807) is 11.8 Å². The molecule has 2 rings (SSSR count). The summed E-state index contributed by atoms with van der Waals surface area (Å²) in [5.74, 6) is 0.376. The van der Waals surface area contributed by atoms with Crippen molar-refractivity contribution >= 4 is 50.7 Å². The normalized spacial score (nSPS) is 10.6. The quantitative estimate of drug-likeness (QED) is 0.780. The minimum atomic E-state index is -0.599. The number of aryl methyl sites for hydroxylation is 1. The Morgan fingerprint density at radius 3 is 2.75 bits per heavy atom. The van der Waals surface area contributed by atoms with E-state index in [0.717, 1.165) is 22.7 Å². The first-order chi connectivity index (χ1) is 9.51. The molecule has 0 saturated heterocycles. The molecule has 0 fully saturated rings. The topological polar surface area (TPSA) is 132 Å². The molecule has 0 aliphatic rings. The fourth-order valence-corrected chi connectivity index (χ4v) is 3.40. The maximum Gasteiger partial charge on any atom is 0.260 e. The van der Waals surface area contributed by atoms with Gasteiger partial charge in [0.05, 0.1) is 11.3 Å². The van der Waals surface area contributed by atoms with Crippen LogP contribution in [0.25, 0.3) is 10.2 Å². The second-order valence-electron chi connectivity index (χ2n) is 4.09. The lowest BCUT2D eigenvalue weighted by Crippen LogP contribution is -2.11. The van der Waals surface area contributed by atoms with Crippen molar-refractivity contribution in [3.8, 4) is 6.07 Å². The van der Waals surface area contributed by atoms with Crippen LogP contribution in [0.2, 0.25) is 0 Å². The van der Waals surface area contributed by atoms with Gasteiger partial charge in [-0.25, -0.2) is 4.98 Å². The van der Waals surface area contributed by atoms with Crippen LogP contribution in [0.5, 0.6) is 0 Å². The molecule has 2 aromatic rings. The van der Waals surface area contributed by atoms with Crippen LogP contribution in [-0.2, 0) is 6.42 Å². The molecule has 0 spiro atoms. The molecule has 0 aliphatic carbocycles. The number of primary amides is 1. The summed E-state index contributed by atoms with van der Waals surface area (Å²) in [5, 5.41) is 9.89. The molecule has 0 aromatic carbocycles. The van der Waals surface area contributed by atoms with Gasteiger partial charge in [0.25, 0.3) is 5.91 Å². The van der Waals surface area contributed by atoms with E-state index in [0.29, 0.717) is 22.2 Å². The number of carbonyl (C=O) groups is 1. The average molecular weight is 307 g/mol. The van der Waals surface area contributed by atoms with Crippen LogP contribution in [0.3, 0.4) is 0 Å². The predicted octanol–water partition coefficient (Wildman–Crippen LogP) is 1.34. The smallest absolute Gasteiger partial charge is 0.260 e. The molecule has 6 nitrogen and oxygen atoms in total. The fourth-order valence-electron chi connectivity index (χ4n) is 2.01. The van der Waals surface area contributed by atoms with Gasteiger partial charge < -0.3 is 17.2 Å². The highest BCUT2D eigenvalue weighted by Crippen LogP contribution is 2.37. The Morgan fingerprint density at radius 2 is 2.20 bits per heavy atom. The zero-order valence-corrected chi connectivity index (χ0v) is 12.4. The maximum absolute atomic E-state index is 11.4. The summed E-state index contributed by atoms with van der Waals surface area (Å²) in [6.45, 7) is 0. The number of carbonyl (C=O) groups excluding carboxylic acids is 1. The maximum atomic E-state index is 11.4. The number of pyridine rings is 1. The second kappa shape index (κ2) is 5.56. The number of anilines is 2. The standard InChI is InChI=1S/C12H13N5OS2/c1-19-3-2-5-6(4-13)10(15)17-12-7(5)8(14)9(20-12)11(16)18/h2-3,14H2,1H3,(H2,15,17)(H2,16,18). The number of aromatic nitrogens is 1. The third-order valence-corrected chi connectivity index (χ3v) is 4.63. The number of amides is 1. The van der Waals surface area contributed by atoms with E-state index in [4.69, 9.17) is 17.2 Å². The molecular weight excluding hydrogens is 294 g/mol. The number of thiophene rings is 1. The van der Waals surface area contributed by atoms with Gasteiger partial charge in [0.1, 0.15) is 21.6 Å². The summed E-state index contributed by atoms with van der Waals surface area (Å²) in [6.07, 6.45) is 2.60. The molecule has 0 saturated carbocycles. The highest BCUT2D eigenvalue weighted by molar-refractivity contribution is 7.98. The van der Waals surface area contributed by atoms with Crippen LogP contribution in [0.1, 0.15) is 20.8 Å². The summed E-state index contributed by atoms with van der Waals surface area (Å²) < 4.78 is 0. The Morgan fingerprint density at radius 1 is 1.50 bits per heavy atom. The molecule has 8 heteroatoms. The number of nitrogens with zero attached hydrogens (tertiary/aromatic N) is 2. The highest BCUT2D eigenvalue weighted by atomic mass is 32.2. The van der Waals surface area contributed by atoms with E-state index in [1.807, 2.05) is 6.26 Å². The molecular formula is C12H13N5OS2. The van der Waals surface area contributed by atoms with Crippen molar-refractivity contribution in [2.45, 2.75) is 6.42 Å². The zero-order valence-electron chi connectivity index (χ0n) is 10.8. The van der Waals surface area contributed by atoms with E-state index >= 15 is 0 Å². The van der Waals surface area contributed by atoms with Gasteiger partial charge in [-0.2, -0.15) is 17.0 Å². The van der Waals surface area contributed by atoms with Gasteiger partial charge in [-0.05, 0) is 24.0 Å². The first-order valence-electron chi connectivity index (χ1n) is 5.70. The molecule has 0 unspecified atom stereocenters. The Hall–Kier alpha value is -1.98. The molecule has 20 heavy (non-hydrogen) atoms. The van der Waals surface area contributed by atoms with Crippen LogP contribution < -0.4 is 17.2 Å². The van der Waals surface area contributed by atoms with Crippen LogP contribution in [-0.4, -0.2) is 22.9 Å². The van der Waals surface area contributed by atoms with Crippen LogP contribution in [0, 0.1) is 11.3 Å². The van der Waals surface area contributed by atoms with Gasteiger partial charge in [0, 0.05) is 5.39 Å². The minimum Gasteiger partial charge on any atom is -0.397 e. The Kier molecular flexibility index (Phi) is 4.01. The number of hydrogen-bond acceptors (Lipinski definition) is 7.